The van der Waals surface area contributed by atoms with E-state index in [0.717, 1.165) is 12.8 Å². The van der Waals surface area contributed by atoms with Crippen LogP contribution in [0.25, 0.3) is 11.1 Å². The molecule has 0 radical (unpaired) electrons. The van der Waals surface area contributed by atoms with Crippen molar-refractivity contribution in [2.45, 2.75) is 31.2 Å². The Balaban J connectivity index is 1.66. The van der Waals surface area contributed by atoms with Crippen molar-refractivity contribution in [1.29, 1.82) is 0 Å². The molecule has 5 nitrogen and oxygen atoms in total. The van der Waals surface area contributed by atoms with E-state index in [4.69, 9.17) is 10.6 Å². The SMILES string of the molecule is NCCCCC(NOCC1c2ccccc2-c2ccccc21)C(=O)O. The molecule has 0 fully saturated rings. The van der Waals surface area contributed by atoms with E-state index in [1.807, 2.05) is 24.3 Å². The molecule has 0 heterocycles. The lowest BCUT2D eigenvalue weighted by Gasteiger charge is -2.18. The second-order valence-corrected chi connectivity index (χ2v) is 6.33. The number of nitrogens with two attached hydrogens (primary N) is 1. The van der Waals surface area contributed by atoms with E-state index in [1.165, 1.54) is 22.3 Å². The minimum absolute atomic E-state index is 0.110. The van der Waals surface area contributed by atoms with Crippen LogP contribution < -0.4 is 11.2 Å². The molecule has 0 aliphatic heterocycles. The summed E-state index contributed by atoms with van der Waals surface area (Å²) in [7, 11) is 0. The van der Waals surface area contributed by atoms with Gasteiger partial charge in [-0.1, -0.05) is 48.5 Å². The third-order valence-electron chi connectivity index (χ3n) is 4.68. The average molecular weight is 340 g/mol. The van der Waals surface area contributed by atoms with Gasteiger partial charge in [-0.25, -0.2) is 0 Å². The predicted octanol–water partition coefficient (Wildman–Crippen LogP) is 2.90. The van der Waals surface area contributed by atoms with Crippen molar-refractivity contribution in [2.75, 3.05) is 13.2 Å². The van der Waals surface area contributed by atoms with E-state index >= 15 is 0 Å². The Kier molecular flexibility index (Phi) is 5.81. The highest BCUT2D eigenvalue weighted by atomic mass is 16.6. The summed E-state index contributed by atoms with van der Waals surface area (Å²) in [6, 6.07) is 15.9. The molecular weight excluding hydrogens is 316 g/mol. The normalized spacial score (nSPS) is 14.1. The van der Waals surface area contributed by atoms with E-state index in [0.29, 0.717) is 19.6 Å². The highest BCUT2D eigenvalue weighted by Crippen LogP contribution is 2.44. The van der Waals surface area contributed by atoms with Gasteiger partial charge in [0.25, 0.3) is 0 Å². The fourth-order valence-electron chi connectivity index (χ4n) is 3.40. The number of carboxylic acids is 1. The molecule has 0 saturated heterocycles. The Morgan fingerprint density at radius 1 is 1.08 bits per heavy atom. The molecule has 3 rings (SSSR count). The van der Waals surface area contributed by atoms with Crippen molar-refractivity contribution in [2.24, 2.45) is 5.73 Å². The molecule has 4 N–H and O–H groups in total. The first-order valence-corrected chi connectivity index (χ1v) is 8.70. The monoisotopic (exact) mass is 340 g/mol. The third-order valence-corrected chi connectivity index (χ3v) is 4.68. The van der Waals surface area contributed by atoms with Crippen molar-refractivity contribution in [3.8, 4) is 11.1 Å². The molecule has 1 aliphatic rings. The van der Waals surface area contributed by atoms with Gasteiger partial charge in [-0.05, 0) is 48.1 Å². The zero-order valence-electron chi connectivity index (χ0n) is 14.2. The number of rotatable bonds is 9. The van der Waals surface area contributed by atoms with Crippen molar-refractivity contribution in [3.63, 3.8) is 0 Å². The van der Waals surface area contributed by atoms with Gasteiger partial charge in [0.05, 0.1) is 6.61 Å². The van der Waals surface area contributed by atoms with E-state index in [1.54, 1.807) is 0 Å². The molecule has 0 saturated carbocycles. The first kappa shape index (κ1) is 17.6. The lowest BCUT2D eigenvalue weighted by molar-refractivity contribution is -0.144. The van der Waals surface area contributed by atoms with Crippen molar-refractivity contribution in [3.05, 3.63) is 59.7 Å². The Bertz CT molecular complexity index is 687. The van der Waals surface area contributed by atoms with Gasteiger partial charge in [-0.15, -0.1) is 0 Å². The van der Waals surface area contributed by atoms with Crippen LogP contribution in [0.5, 0.6) is 0 Å². The summed E-state index contributed by atoms with van der Waals surface area (Å²) in [4.78, 5) is 17.0. The number of carbonyl (C=O) groups is 1. The maximum Gasteiger partial charge on any atom is 0.323 e. The highest BCUT2D eigenvalue weighted by Gasteiger charge is 2.28. The van der Waals surface area contributed by atoms with Gasteiger partial charge in [-0.2, -0.15) is 5.48 Å². The van der Waals surface area contributed by atoms with Crippen molar-refractivity contribution in [1.82, 2.24) is 5.48 Å². The lowest BCUT2D eigenvalue weighted by atomic mass is 9.98. The van der Waals surface area contributed by atoms with Crippen LogP contribution in [0.4, 0.5) is 0 Å². The van der Waals surface area contributed by atoms with Gasteiger partial charge in [-0.3, -0.25) is 9.63 Å². The summed E-state index contributed by atoms with van der Waals surface area (Å²) in [6.45, 7) is 0.970. The summed E-state index contributed by atoms with van der Waals surface area (Å²) in [5.74, 6) is -0.789. The quantitative estimate of drug-likeness (QED) is 0.483. The summed E-state index contributed by atoms with van der Waals surface area (Å²) in [6.07, 6.45) is 2.08. The van der Waals surface area contributed by atoms with Gasteiger partial charge < -0.3 is 10.8 Å². The van der Waals surface area contributed by atoms with Gasteiger partial charge in [0, 0.05) is 5.92 Å². The van der Waals surface area contributed by atoms with Crippen LogP contribution in [0.1, 0.15) is 36.3 Å². The second kappa shape index (κ2) is 8.25. The minimum Gasteiger partial charge on any atom is -0.480 e. The predicted molar refractivity (Wildman–Crippen MR) is 97.1 cm³/mol. The lowest BCUT2D eigenvalue weighted by Crippen LogP contribution is -2.37. The summed E-state index contributed by atoms with van der Waals surface area (Å²) >= 11 is 0. The molecule has 1 aliphatic carbocycles. The number of aliphatic carboxylic acids is 1. The second-order valence-electron chi connectivity index (χ2n) is 6.33. The molecule has 0 bridgehead atoms. The fourth-order valence-corrected chi connectivity index (χ4v) is 3.40. The van der Waals surface area contributed by atoms with Crippen LogP contribution >= 0.6 is 0 Å². The first-order valence-electron chi connectivity index (χ1n) is 8.70. The zero-order valence-corrected chi connectivity index (χ0v) is 14.2. The van der Waals surface area contributed by atoms with Crippen LogP contribution in [-0.2, 0) is 9.63 Å². The maximum absolute atomic E-state index is 11.3. The number of carboxylic acid groups (broad SMARTS) is 1. The molecule has 2 aromatic carbocycles. The number of hydroxylamine groups is 1. The Morgan fingerprint density at radius 2 is 1.68 bits per heavy atom. The highest BCUT2D eigenvalue weighted by molar-refractivity contribution is 5.78. The molecular formula is C20H24N2O3. The van der Waals surface area contributed by atoms with Crippen molar-refractivity contribution < 1.29 is 14.7 Å². The Hall–Kier alpha value is -2.21. The van der Waals surface area contributed by atoms with E-state index in [2.05, 4.69) is 29.7 Å². The molecule has 0 amide bonds. The summed E-state index contributed by atoms with van der Waals surface area (Å²) in [5, 5.41) is 9.31. The van der Waals surface area contributed by atoms with Gasteiger partial charge in [0.15, 0.2) is 0 Å². The number of nitrogens with one attached hydrogen (secondary N) is 1. The van der Waals surface area contributed by atoms with Crippen LogP contribution in [0.15, 0.2) is 48.5 Å². The van der Waals surface area contributed by atoms with Crippen LogP contribution in [0.2, 0.25) is 0 Å². The van der Waals surface area contributed by atoms with E-state index < -0.39 is 12.0 Å². The number of hydrogen-bond acceptors (Lipinski definition) is 4. The molecule has 1 unspecified atom stereocenters. The number of benzene rings is 2. The molecule has 5 heteroatoms. The largest absolute Gasteiger partial charge is 0.480 e. The summed E-state index contributed by atoms with van der Waals surface area (Å²) < 4.78 is 0. The molecule has 132 valence electrons. The Labute approximate surface area is 147 Å². The topological polar surface area (TPSA) is 84.6 Å². The number of hydrogen-bond donors (Lipinski definition) is 3. The van der Waals surface area contributed by atoms with Crippen LogP contribution in [0, 0.1) is 0 Å². The number of fused-ring (bicyclic) bond motifs is 3. The molecule has 2 aromatic rings. The molecule has 0 spiro atoms. The van der Waals surface area contributed by atoms with E-state index in [-0.39, 0.29) is 5.92 Å². The van der Waals surface area contributed by atoms with Crippen molar-refractivity contribution >= 4 is 5.97 Å². The Morgan fingerprint density at radius 3 is 2.24 bits per heavy atom. The van der Waals surface area contributed by atoms with Crippen LogP contribution in [0.3, 0.4) is 0 Å². The smallest absolute Gasteiger partial charge is 0.323 e. The van der Waals surface area contributed by atoms with Gasteiger partial charge in [0.1, 0.15) is 6.04 Å². The van der Waals surface area contributed by atoms with Gasteiger partial charge >= 0.3 is 5.97 Å². The first-order chi connectivity index (χ1) is 12.2. The summed E-state index contributed by atoms with van der Waals surface area (Å²) in [5.41, 5.74) is 13.1. The zero-order chi connectivity index (χ0) is 17.6. The average Bonchev–Trinajstić information content (AvgIpc) is 2.95. The molecule has 0 aromatic heterocycles. The molecule has 1 atom stereocenters. The minimum atomic E-state index is -0.899. The van der Waals surface area contributed by atoms with Gasteiger partial charge in [0.2, 0.25) is 0 Å². The van der Waals surface area contributed by atoms with Crippen LogP contribution in [-0.4, -0.2) is 30.3 Å². The number of unbranched alkanes of at least 4 members (excludes halogenated alkanes) is 1. The standard InChI is InChI=1S/C20H24N2O3/c21-12-6-5-11-19(20(23)24)22-25-13-18-16-9-3-1-7-14(16)15-8-2-4-10-17(15)18/h1-4,7-10,18-19,22H,5-6,11-13,21H2,(H,23,24). The third kappa shape index (κ3) is 3.90. The molecule has 25 heavy (non-hydrogen) atoms. The maximum atomic E-state index is 11.3. The fraction of sp³-hybridized carbons (Fsp3) is 0.350. The van der Waals surface area contributed by atoms with E-state index in [9.17, 15) is 9.90 Å².